The molecule has 4 aromatic rings. The smallest absolute Gasteiger partial charge is 0.301 e. The van der Waals surface area contributed by atoms with Gasteiger partial charge in [-0.15, -0.1) is 0 Å². The quantitative estimate of drug-likeness (QED) is 0.251. The van der Waals surface area contributed by atoms with Crippen LogP contribution in [-0.4, -0.2) is 36.0 Å². The highest BCUT2D eigenvalue weighted by atomic mass is 32.1. The lowest BCUT2D eigenvalue weighted by Crippen LogP contribution is -2.29. The molecule has 0 aliphatic carbocycles. The Morgan fingerprint density at radius 1 is 0.941 bits per heavy atom. The van der Waals surface area contributed by atoms with Crippen LogP contribution in [-0.2, 0) is 9.59 Å². The van der Waals surface area contributed by atoms with Crippen molar-refractivity contribution in [2.24, 2.45) is 0 Å². The monoisotopic (exact) mass is 472 g/mol. The summed E-state index contributed by atoms with van der Waals surface area (Å²) in [6, 6.07) is 20.3. The van der Waals surface area contributed by atoms with Gasteiger partial charge >= 0.3 is 5.91 Å². The molecule has 7 nitrogen and oxygen atoms in total. The van der Waals surface area contributed by atoms with Crippen LogP contribution in [0.4, 0.5) is 5.13 Å². The standard InChI is InChI=1S/C26H20N2O5S/c1-32-17-10-6-9-16(13-17)22-21(23(29)15-7-4-3-5-8-15)24(30)25(31)28(22)26-27-19-12-11-18(33-2)14-20(19)34-26/h3-14,22,29H,1-2H3/b23-21+/t22-/m0/s1. The molecule has 1 amide bonds. The van der Waals surface area contributed by atoms with E-state index in [1.54, 1.807) is 74.9 Å². The maximum Gasteiger partial charge on any atom is 0.301 e. The summed E-state index contributed by atoms with van der Waals surface area (Å²) in [6.07, 6.45) is 0. The van der Waals surface area contributed by atoms with Gasteiger partial charge in [-0.2, -0.15) is 0 Å². The number of fused-ring (bicyclic) bond motifs is 1. The Morgan fingerprint density at radius 2 is 1.68 bits per heavy atom. The highest BCUT2D eigenvalue weighted by Gasteiger charge is 2.48. The second kappa shape index (κ2) is 8.64. The summed E-state index contributed by atoms with van der Waals surface area (Å²) in [5, 5.41) is 11.5. The van der Waals surface area contributed by atoms with Crippen molar-refractivity contribution in [2.45, 2.75) is 6.04 Å². The van der Waals surface area contributed by atoms with Gasteiger partial charge in [0.25, 0.3) is 5.78 Å². The third-order valence-electron chi connectivity index (χ3n) is 5.69. The Hall–Kier alpha value is -4.17. The van der Waals surface area contributed by atoms with E-state index in [9.17, 15) is 14.7 Å². The van der Waals surface area contributed by atoms with Gasteiger partial charge < -0.3 is 14.6 Å². The SMILES string of the molecule is COc1cccc([C@H]2/C(=C(\O)c3ccccc3)C(=O)C(=O)N2c2nc3ccc(OC)cc3s2)c1. The highest BCUT2D eigenvalue weighted by Crippen LogP contribution is 2.45. The number of methoxy groups -OCH3 is 2. The van der Waals surface area contributed by atoms with Crippen LogP contribution in [0.3, 0.4) is 0 Å². The Morgan fingerprint density at radius 3 is 2.41 bits per heavy atom. The first-order chi connectivity index (χ1) is 16.5. The van der Waals surface area contributed by atoms with Crippen molar-refractivity contribution in [3.8, 4) is 11.5 Å². The van der Waals surface area contributed by atoms with Crippen molar-refractivity contribution in [3.63, 3.8) is 0 Å². The van der Waals surface area contributed by atoms with Gasteiger partial charge in [-0.3, -0.25) is 14.5 Å². The molecular formula is C26H20N2O5S. The fraction of sp³-hybridized carbons (Fsp3) is 0.115. The molecule has 0 saturated carbocycles. The summed E-state index contributed by atoms with van der Waals surface area (Å²) in [5.74, 6) is -0.533. The van der Waals surface area contributed by atoms with Gasteiger partial charge in [-0.25, -0.2) is 4.98 Å². The van der Waals surface area contributed by atoms with E-state index in [4.69, 9.17) is 9.47 Å². The van der Waals surface area contributed by atoms with Crippen LogP contribution in [0.5, 0.6) is 11.5 Å². The molecule has 1 aliphatic heterocycles. The number of Topliss-reactive ketones (excluding diaryl/α,β-unsaturated/α-hetero) is 1. The van der Waals surface area contributed by atoms with Crippen LogP contribution < -0.4 is 14.4 Å². The first-order valence-electron chi connectivity index (χ1n) is 10.5. The molecule has 0 bridgehead atoms. The zero-order valence-corrected chi connectivity index (χ0v) is 19.2. The fourth-order valence-corrected chi connectivity index (χ4v) is 5.05. The molecule has 5 rings (SSSR count). The largest absolute Gasteiger partial charge is 0.507 e. The first kappa shape index (κ1) is 21.7. The molecule has 1 N–H and O–H groups in total. The van der Waals surface area contributed by atoms with Crippen molar-refractivity contribution < 1.29 is 24.2 Å². The number of thiazole rings is 1. The fourth-order valence-electron chi connectivity index (χ4n) is 4.03. The highest BCUT2D eigenvalue weighted by molar-refractivity contribution is 7.22. The van der Waals surface area contributed by atoms with Crippen molar-refractivity contribution in [2.75, 3.05) is 19.1 Å². The van der Waals surface area contributed by atoms with Crippen LogP contribution in [0.25, 0.3) is 16.0 Å². The minimum Gasteiger partial charge on any atom is -0.507 e. The summed E-state index contributed by atoms with van der Waals surface area (Å²) in [5.41, 5.74) is 1.74. The van der Waals surface area contributed by atoms with Crippen LogP contribution in [0.2, 0.25) is 0 Å². The third kappa shape index (κ3) is 3.58. The van der Waals surface area contributed by atoms with E-state index in [2.05, 4.69) is 4.98 Å². The molecule has 2 heterocycles. The van der Waals surface area contributed by atoms with E-state index >= 15 is 0 Å². The Labute approximate surface area is 199 Å². The summed E-state index contributed by atoms with van der Waals surface area (Å²) in [4.78, 5) is 32.6. The molecule has 170 valence electrons. The predicted octanol–water partition coefficient (Wildman–Crippen LogP) is 4.94. The van der Waals surface area contributed by atoms with Gasteiger partial charge in [-0.1, -0.05) is 53.8 Å². The molecule has 1 fully saturated rings. The van der Waals surface area contributed by atoms with E-state index in [1.165, 1.54) is 16.2 Å². The molecule has 0 spiro atoms. The summed E-state index contributed by atoms with van der Waals surface area (Å²) < 4.78 is 11.5. The first-order valence-corrected chi connectivity index (χ1v) is 11.3. The van der Waals surface area contributed by atoms with Crippen LogP contribution >= 0.6 is 11.3 Å². The van der Waals surface area contributed by atoms with Crippen molar-refractivity contribution in [1.82, 2.24) is 4.98 Å². The van der Waals surface area contributed by atoms with Crippen LogP contribution in [0.15, 0.2) is 78.4 Å². The van der Waals surface area contributed by atoms with E-state index in [-0.39, 0.29) is 11.3 Å². The number of hydrogen-bond donors (Lipinski definition) is 1. The van der Waals surface area contributed by atoms with Gasteiger partial charge in [0.05, 0.1) is 36.1 Å². The predicted molar refractivity (Wildman–Crippen MR) is 130 cm³/mol. The maximum absolute atomic E-state index is 13.3. The second-order valence-electron chi connectivity index (χ2n) is 7.64. The topological polar surface area (TPSA) is 89.0 Å². The number of nitrogens with zero attached hydrogens (tertiary/aromatic N) is 2. The second-order valence-corrected chi connectivity index (χ2v) is 8.65. The molecule has 0 radical (unpaired) electrons. The number of carbonyl (C=O) groups excluding carboxylic acids is 2. The average molecular weight is 473 g/mol. The molecule has 3 aromatic carbocycles. The Bertz CT molecular complexity index is 1440. The van der Waals surface area contributed by atoms with Crippen LogP contribution in [0.1, 0.15) is 17.2 Å². The lowest BCUT2D eigenvalue weighted by molar-refractivity contribution is -0.132. The van der Waals surface area contributed by atoms with E-state index in [1.807, 2.05) is 12.1 Å². The molecule has 1 aromatic heterocycles. The minimum atomic E-state index is -0.877. The number of rotatable bonds is 5. The summed E-state index contributed by atoms with van der Waals surface area (Å²) in [6.45, 7) is 0. The van der Waals surface area contributed by atoms with Gasteiger partial charge in [0.1, 0.15) is 17.3 Å². The Balaban J connectivity index is 1.73. The lowest BCUT2D eigenvalue weighted by atomic mass is 9.95. The molecule has 1 atom stereocenters. The molecule has 34 heavy (non-hydrogen) atoms. The van der Waals surface area contributed by atoms with E-state index in [0.717, 1.165) is 4.70 Å². The van der Waals surface area contributed by atoms with Crippen LogP contribution in [0, 0.1) is 0 Å². The van der Waals surface area contributed by atoms with E-state index in [0.29, 0.717) is 33.3 Å². The van der Waals surface area contributed by atoms with Gasteiger partial charge in [0.15, 0.2) is 5.13 Å². The van der Waals surface area contributed by atoms with Gasteiger partial charge in [0, 0.05) is 5.56 Å². The normalized spacial score (nSPS) is 17.4. The number of aromatic nitrogens is 1. The number of ketones is 1. The number of aliphatic hydroxyl groups is 1. The third-order valence-corrected chi connectivity index (χ3v) is 6.71. The lowest BCUT2D eigenvalue weighted by Gasteiger charge is -2.23. The summed E-state index contributed by atoms with van der Waals surface area (Å²) in [7, 11) is 3.12. The van der Waals surface area contributed by atoms with Crippen molar-refractivity contribution >= 4 is 44.1 Å². The minimum absolute atomic E-state index is 0.00119. The van der Waals surface area contributed by atoms with Crippen molar-refractivity contribution in [1.29, 1.82) is 0 Å². The molecule has 1 aliphatic rings. The van der Waals surface area contributed by atoms with Gasteiger partial charge in [0.2, 0.25) is 0 Å². The number of benzene rings is 3. The number of aliphatic hydroxyl groups excluding tert-OH is 1. The number of anilines is 1. The van der Waals surface area contributed by atoms with E-state index < -0.39 is 17.7 Å². The molecular weight excluding hydrogens is 452 g/mol. The number of hydrogen-bond acceptors (Lipinski definition) is 7. The summed E-state index contributed by atoms with van der Waals surface area (Å²) >= 11 is 1.27. The Kier molecular flexibility index (Phi) is 5.51. The zero-order chi connectivity index (χ0) is 23.8. The molecule has 0 unspecified atom stereocenters. The zero-order valence-electron chi connectivity index (χ0n) is 18.4. The van der Waals surface area contributed by atoms with Gasteiger partial charge in [-0.05, 0) is 35.9 Å². The number of amides is 1. The molecule has 8 heteroatoms. The van der Waals surface area contributed by atoms with Crippen molar-refractivity contribution in [3.05, 3.63) is 89.5 Å². The number of carbonyl (C=O) groups is 2. The average Bonchev–Trinajstić information content (AvgIpc) is 3.41. The number of ether oxygens (including phenoxy) is 2. The maximum atomic E-state index is 13.3. The molecule has 1 saturated heterocycles.